The van der Waals surface area contributed by atoms with Crippen molar-refractivity contribution in [2.75, 3.05) is 53.4 Å². The van der Waals surface area contributed by atoms with Gasteiger partial charge < -0.3 is 10.0 Å². The van der Waals surface area contributed by atoms with Crippen molar-refractivity contribution in [2.45, 2.75) is 12.6 Å². The Bertz CT molecular complexity index is 458. The van der Waals surface area contributed by atoms with E-state index in [9.17, 15) is 13.9 Å². The van der Waals surface area contributed by atoms with Crippen LogP contribution in [0.1, 0.15) is 5.56 Å². The lowest BCUT2D eigenvalue weighted by Crippen LogP contribution is -2.48. The van der Waals surface area contributed by atoms with Crippen LogP contribution in [0.25, 0.3) is 0 Å². The number of benzene rings is 1. The van der Waals surface area contributed by atoms with Crippen LogP contribution in [0, 0.1) is 11.6 Å². The Morgan fingerprint density at radius 2 is 1.77 bits per heavy atom. The van der Waals surface area contributed by atoms with E-state index in [0.29, 0.717) is 13.1 Å². The molecule has 1 aliphatic heterocycles. The van der Waals surface area contributed by atoms with Crippen molar-refractivity contribution < 1.29 is 13.9 Å². The first-order valence-corrected chi connectivity index (χ1v) is 7.66. The molecule has 1 aliphatic rings. The van der Waals surface area contributed by atoms with Crippen LogP contribution in [0.15, 0.2) is 18.2 Å². The second-order valence-corrected chi connectivity index (χ2v) is 6.15. The van der Waals surface area contributed by atoms with Gasteiger partial charge in [0, 0.05) is 51.4 Å². The Kier molecular flexibility index (Phi) is 6.26. The summed E-state index contributed by atoms with van der Waals surface area (Å²) in [6, 6.07) is 3.87. The fourth-order valence-electron chi connectivity index (χ4n) is 2.76. The predicted molar refractivity (Wildman–Crippen MR) is 82.6 cm³/mol. The molecule has 1 aromatic rings. The number of aliphatic hydroxyl groups is 1. The van der Waals surface area contributed by atoms with Gasteiger partial charge >= 0.3 is 0 Å². The van der Waals surface area contributed by atoms with Crippen molar-refractivity contribution in [1.29, 1.82) is 0 Å². The molecular weight excluding hydrogens is 288 g/mol. The highest BCUT2D eigenvalue weighted by molar-refractivity contribution is 5.19. The van der Waals surface area contributed by atoms with E-state index >= 15 is 0 Å². The van der Waals surface area contributed by atoms with E-state index in [1.807, 2.05) is 0 Å². The maximum atomic E-state index is 13.6. The van der Waals surface area contributed by atoms with Gasteiger partial charge in [-0.2, -0.15) is 0 Å². The molecule has 0 bridgehead atoms. The average molecular weight is 313 g/mol. The van der Waals surface area contributed by atoms with Crippen LogP contribution in [0.5, 0.6) is 0 Å². The number of likely N-dealkylation sites (N-methyl/N-ethyl adjacent to an activating group) is 2. The molecule has 1 saturated heterocycles. The SMILES string of the molecule is CN1CCN(CC(O)CN(C)Cc2c(F)cccc2F)CC1. The molecule has 1 aromatic carbocycles. The third kappa shape index (κ3) is 4.98. The minimum absolute atomic E-state index is 0.0526. The summed E-state index contributed by atoms with van der Waals surface area (Å²) in [4.78, 5) is 6.24. The highest BCUT2D eigenvalue weighted by atomic mass is 19.1. The van der Waals surface area contributed by atoms with E-state index in [-0.39, 0.29) is 12.1 Å². The molecule has 2 rings (SSSR count). The highest BCUT2D eigenvalue weighted by Crippen LogP contribution is 2.14. The summed E-state index contributed by atoms with van der Waals surface area (Å²) in [7, 11) is 3.85. The zero-order valence-corrected chi connectivity index (χ0v) is 13.3. The topological polar surface area (TPSA) is 30.0 Å². The Labute approximate surface area is 130 Å². The second kappa shape index (κ2) is 7.97. The zero-order chi connectivity index (χ0) is 16.1. The van der Waals surface area contributed by atoms with Crippen molar-refractivity contribution in [3.05, 3.63) is 35.4 Å². The molecule has 0 amide bonds. The van der Waals surface area contributed by atoms with Gasteiger partial charge in [0.05, 0.1) is 6.10 Å². The van der Waals surface area contributed by atoms with E-state index in [2.05, 4.69) is 16.8 Å². The summed E-state index contributed by atoms with van der Waals surface area (Å²) in [6.45, 7) is 5.03. The fourth-order valence-corrected chi connectivity index (χ4v) is 2.76. The van der Waals surface area contributed by atoms with Crippen LogP contribution in [-0.2, 0) is 6.54 Å². The third-order valence-electron chi connectivity index (χ3n) is 4.08. The average Bonchev–Trinajstić information content (AvgIpc) is 2.45. The van der Waals surface area contributed by atoms with E-state index < -0.39 is 17.7 Å². The van der Waals surface area contributed by atoms with Crippen molar-refractivity contribution in [3.63, 3.8) is 0 Å². The molecule has 124 valence electrons. The number of nitrogens with zero attached hydrogens (tertiary/aromatic N) is 3. The minimum Gasteiger partial charge on any atom is -0.390 e. The molecule has 1 heterocycles. The number of hydrogen-bond acceptors (Lipinski definition) is 4. The number of hydrogen-bond donors (Lipinski definition) is 1. The molecule has 1 N–H and O–H groups in total. The van der Waals surface area contributed by atoms with Gasteiger partial charge in [0.1, 0.15) is 11.6 Å². The van der Waals surface area contributed by atoms with Crippen LogP contribution in [0.3, 0.4) is 0 Å². The molecule has 4 nitrogen and oxygen atoms in total. The lowest BCUT2D eigenvalue weighted by Gasteiger charge is -2.34. The lowest BCUT2D eigenvalue weighted by molar-refractivity contribution is 0.0589. The number of β-amino-alcohol motifs (C(OH)–C–C–N with tert-alkyl or cyclic N) is 1. The van der Waals surface area contributed by atoms with Crippen LogP contribution >= 0.6 is 0 Å². The zero-order valence-electron chi connectivity index (χ0n) is 13.3. The smallest absolute Gasteiger partial charge is 0.130 e. The summed E-state index contributed by atoms with van der Waals surface area (Å²) >= 11 is 0. The molecule has 0 radical (unpaired) electrons. The van der Waals surface area contributed by atoms with Crippen LogP contribution < -0.4 is 0 Å². The standard InChI is InChI=1S/C16H25F2N3O/c1-19-6-8-21(9-7-19)11-13(22)10-20(2)12-14-15(17)4-3-5-16(14)18/h3-5,13,22H,6-12H2,1-2H3. The van der Waals surface area contributed by atoms with Crippen LogP contribution in [0.2, 0.25) is 0 Å². The maximum absolute atomic E-state index is 13.6. The number of rotatable bonds is 6. The summed E-state index contributed by atoms with van der Waals surface area (Å²) in [5.41, 5.74) is 0.0526. The quantitative estimate of drug-likeness (QED) is 0.849. The van der Waals surface area contributed by atoms with Gasteiger partial charge in [-0.3, -0.25) is 9.80 Å². The van der Waals surface area contributed by atoms with Crippen molar-refractivity contribution in [1.82, 2.24) is 14.7 Å². The first-order chi connectivity index (χ1) is 10.5. The number of halogens is 2. The molecule has 22 heavy (non-hydrogen) atoms. The molecule has 0 aromatic heterocycles. The van der Waals surface area contributed by atoms with Crippen molar-refractivity contribution in [3.8, 4) is 0 Å². The fraction of sp³-hybridized carbons (Fsp3) is 0.625. The molecule has 1 unspecified atom stereocenters. The van der Waals surface area contributed by atoms with E-state index in [4.69, 9.17) is 0 Å². The Balaban J connectivity index is 1.80. The van der Waals surface area contributed by atoms with Crippen molar-refractivity contribution >= 4 is 0 Å². The molecule has 0 spiro atoms. The molecule has 0 aliphatic carbocycles. The first kappa shape index (κ1) is 17.3. The Hall–Kier alpha value is -1.08. The molecule has 6 heteroatoms. The third-order valence-corrected chi connectivity index (χ3v) is 4.08. The molecular formula is C16H25F2N3O. The van der Waals surface area contributed by atoms with Gasteiger partial charge in [0.25, 0.3) is 0 Å². The van der Waals surface area contributed by atoms with Crippen LogP contribution in [0.4, 0.5) is 8.78 Å². The monoisotopic (exact) mass is 313 g/mol. The van der Waals surface area contributed by atoms with E-state index in [1.165, 1.54) is 18.2 Å². The van der Waals surface area contributed by atoms with Gasteiger partial charge in [-0.1, -0.05) is 6.07 Å². The van der Waals surface area contributed by atoms with E-state index in [0.717, 1.165) is 26.2 Å². The molecule has 1 fully saturated rings. The normalized spacial score (nSPS) is 18.8. The van der Waals surface area contributed by atoms with Gasteiger partial charge in [0.15, 0.2) is 0 Å². The van der Waals surface area contributed by atoms with Crippen molar-refractivity contribution in [2.24, 2.45) is 0 Å². The summed E-state index contributed by atoms with van der Waals surface area (Å²) < 4.78 is 27.2. The Morgan fingerprint density at radius 3 is 2.36 bits per heavy atom. The molecule has 0 saturated carbocycles. The lowest BCUT2D eigenvalue weighted by atomic mass is 10.1. The predicted octanol–water partition coefficient (Wildman–Crippen LogP) is 1.00. The number of piperazine rings is 1. The molecule has 1 atom stereocenters. The van der Waals surface area contributed by atoms with Crippen LogP contribution in [-0.4, -0.2) is 79.3 Å². The van der Waals surface area contributed by atoms with Gasteiger partial charge in [-0.25, -0.2) is 8.78 Å². The summed E-state index contributed by atoms with van der Waals surface area (Å²) in [5, 5.41) is 10.2. The van der Waals surface area contributed by atoms with E-state index in [1.54, 1.807) is 11.9 Å². The van der Waals surface area contributed by atoms with Gasteiger partial charge in [-0.05, 0) is 26.2 Å². The van der Waals surface area contributed by atoms with Gasteiger partial charge in [-0.15, -0.1) is 0 Å². The highest BCUT2D eigenvalue weighted by Gasteiger charge is 2.19. The summed E-state index contributed by atoms with van der Waals surface area (Å²) in [5.74, 6) is -1.08. The number of aliphatic hydroxyl groups excluding tert-OH is 1. The maximum Gasteiger partial charge on any atom is 0.130 e. The first-order valence-electron chi connectivity index (χ1n) is 7.66. The Morgan fingerprint density at radius 1 is 1.18 bits per heavy atom. The van der Waals surface area contributed by atoms with Gasteiger partial charge in [0.2, 0.25) is 0 Å². The minimum atomic E-state index is -0.541. The second-order valence-electron chi connectivity index (χ2n) is 6.15. The summed E-state index contributed by atoms with van der Waals surface area (Å²) in [6.07, 6.45) is -0.525. The largest absolute Gasteiger partial charge is 0.390 e.